The summed E-state index contributed by atoms with van der Waals surface area (Å²) < 4.78 is 27.7. The number of aryl methyl sites for hydroxylation is 1. The van der Waals surface area contributed by atoms with Crippen LogP contribution in [0.2, 0.25) is 0 Å². The first-order chi connectivity index (χ1) is 12.5. The molecule has 0 radical (unpaired) electrons. The predicted molar refractivity (Wildman–Crippen MR) is 102 cm³/mol. The highest BCUT2D eigenvalue weighted by Gasteiger charge is 2.33. The maximum absolute atomic E-state index is 13.2. The highest BCUT2D eigenvalue weighted by Crippen LogP contribution is 2.36. The third-order valence-corrected chi connectivity index (χ3v) is 7.53. The molecular formula is C19H22N2O3S2. The Bertz CT molecular complexity index is 918. The Hall–Kier alpha value is -1.70. The van der Waals surface area contributed by atoms with Crippen LogP contribution in [0.4, 0.5) is 0 Å². The minimum Gasteiger partial charge on any atom is -0.331 e. The monoisotopic (exact) mass is 390 g/mol. The highest BCUT2D eigenvalue weighted by molar-refractivity contribution is 7.89. The van der Waals surface area contributed by atoms with E-state index in [1.54, 1.807) is 23.5 Å². The van der Waals surface area contributed by atoms with Crippen LogP contribution in [0.15, 0.2) is 40.6 Å². The summed E-state index contributed by atoms with van der Waals surface area (Å²) in [5.41, 5.74) is 1.28. The van der Waals surface area contributed by atoms with Crippen molar-refractivity contribution in [3.63, 3.8) is 0 Å². The second kappa shape index (κ2) is 6.79. The molecule has 2 fully saturated rings. The summed E-state index contributed by atoms with van der Waals surface area (Å²) in [6.07, 6.45) is 3.68. The van der Waals surface area contributed by atoms with E-state index in [-0.39, 0.29) is 22.9 Å². The Morgan fingerprint density at radius 2 is 2.04 bits per heavy atom. The van der Waals surface area contributed by atoms with E-state index in [1.165, 1.54) is 10.9 Å². The lowest BCUT2D eigenvalue weighted by Gasteiger charge is -2.25. The third kappa shape index (κ3) is 3.43. The number of hydrogen-bond donors (Lipinski definition) is 1. The first kappa shape index (κ1) is 17.7. The molecule has 7 heteroatoms. The van der Waals surface area contributed by atoms with Crippen molar-refractivity contribution in [1.29, 1.82) is 0 Å². The van der Waals surface area contributed by atoms with Gasteiger partial charge in [-0.05, 0) is 61.7 Å². The van der Waals surface area contributed by atoms with Crippen LogP contribution in [-0.2, 0) is 10.0 Å². The van der Waals surface area contributed by atoms with Crippen molar-refractivity contribution < 1.29 is 13.2 Å². The van der Waals surface area contributed by atoms with Gasteiger partial charge in [-0.1, -0.05) is 12.1 Å². The Morgan fingerprint density at radius 1 is 1.23 bits per heavy atom. The van der Waals surface area contributed by atoms with Crippen LogP contribution in [0.1, 0.15) is 52.5 Å². The van der Waals surface area contributed by atoms with Gasteiger partial charge in [0.2, 0.25) is 10.0 Å². The molecule has 1 unspecified atom stereocenters. The van der Waals surface area contributed by atoms with Gasteiger partial charge < -0.3 is 4.90 Å². The molecule has 138 valence electrons. The number of nitrogens with zero attached hydrogens (tertiary/aromatic N) is 1. The number of likely N-dealkylation sites (tertiary alicyclic amines) is 1. The largest absolute Gasteiger partial charge is 0.331 e. The third-order valence-electron chi connectivity index (χ3n) is 5.03. The van der Waals surface area contributed by atoms with Crippen molar-refractivity contribution in [3.05, 3.63) is 51.7 Å². The van der Waals surface area contributed by atoms with Gasteiger partial charge in [0.1, 0.15) is 0 Å². The molecule has 1 atom stereocenters. The predicted octanol–water partition coefficient (Wildman–Crippen LogP) is 3.47. The normalized spacial score (nSPS) is 20.5. The zero-order valence-corrected chi connectivity index (χ0v) is 16.3. The number of carbonyl (C=O) groups excluding carboxylic acids is 1. The molecule has 2 heterocycles. The summed E-state index contributed by atoms with van der Waals surface area (Å²) >= 11 is 1.66. The number of amides is 1. The number of hydrogen-bond acceptors (Lipinski definition) is 4. The van der Waals surface area contributed by atoms with Gasteiger partial charge >= 0.3 is 0 Å². The lowest BCUT2D eigenvalue weighted by Crippen LogP contribution is -2.31. The number of benzene rings is 1. The minimum atomic E-state index is -3.57. The van der Waals surface area contributed by atoms with Crippen LogP contribution in [-0.4, -0.2) is 31.8 Å². The molecule has 1 N–H and O–H groups in total. The van der Waals surface area contributed by atoms with Crippen molar-refractivity contribution in [2.24, 2.45) is 0 Å². The molecule has 2 aliphatic rings. The van der Waals surface area contributed by atoms with E-state index in [1.807, 2.05) is 23.3 Å². The molecule has 26 heavy (non-hydrogen) atoms. The molecule has 2 aromatic rings. The summed E-state index contributed by atoms with van der Waals surface area (Å²) in [5.74, 6) is -0.0816. The Balaban J connectivity index is 1.64. The van der Waals surface area contributed by atoms with E-state index < -0.39 is 10.0 Å². The van der Waals surface area contributed by atoms with Crippen LogP contribution < -0.4 is 4.72 Å². The standard InChI is InChI=1S/C19H22N2O3S2/c1-13-6-9-15(26(23,24)20-14-7-8-14)12-16(13)19(22)21-10-2-4-17(21)18-5-3-11-25-18/h3,5-6,9,11-12,14,17,20H,2,4,7-8,10H2,1H3. The molecule has 0 spiro atoms. The topological polar surface area (TPSA) is 66.5 Å². The van der Waals surface area contributed by atoms with Gasteiger partial charge in [-0.15, -0.1) is 11.3 Å². The van der Waals surface area contributed by atoms with Crippen LogP contribution in [0.25, 0.3) is 0 Å². The number of thiophene rings is 1. The smallest absolute Gasteiger partial charge is 0.254 e. The molecule has 1 aliphatic carbocycles. The fourth-order valence-electron chi connectivity index (χ4n) is 3.43. The van der Waals surface area contributed by atoms with Crippen molar-refractivity contribution in [1.82, 2.24) is 9.62 Å². The quantitative estimate of drug-likeness (QED) is 0.850. The van der Waals surface area contributed by atoms with Crippen molar-refractivity contribution in [3.8, 4) is 0 Å². The molecule has 1 saturated carbocycles. The van der Waals surface area contributed by atoms with E-state index in [2.05, 4.69) is 10.8 Å². The molecule has 1 aliphatic heterocycles. The highest BCUT2D eigenvalue weighted by atomic mass is 32.2. The maximum atomic E-state index is 13.2. The average molecular weight is 391 g/mol. The van der Waals surface area contributed by atoms with Crippen molar-refractivity contribution >= 4 is 27.3 Å². The van der Waals surface area contributed by atoms with Crippen LogP contribution in [0, 0.1) is 6.92 Å². The first-order valence-corrected chi connectivity index (χ1v) is 11.3. The fourth-order valence-corrected chi connectivity index (χ4v) is 5.63. The van der Waals surface area contributed by atoms with Crippen LogP contribution in [0.5, 0.6) is 0 Å². The lowest BCUT2D eigenvalue weighted by atomic mass is 10.1. The maximum Gasteiger partial charge on any atom is 0.254 e. The summed E-state index contributed by atoms with van der Waals surface area (Å²) in [6.45, 7) is 2.56. The van der Waals surface area contributed by atoms with E-state index in [9.17, 15) is 13.2 Å². The molecule has 1 aromatic heterocycles. The average Bonchev–Trinajstić information content (AvgIpc) is 3.09. The van der Waals surface area contributed by atoms with E-state index >= 15 is 0 Å². The summed E-state index contributed by atoms with van der Waals surface area (Å²) in [4.78, 5) is 16.4. The Kier molecular flexibility index (Phi) is 4.62. The molecule has 1 aromatic carbocycles. The molecular weight excluding hydrogens is 368 g/mol. The zero-order valence-electron chi connectivity index (χ0n) is 14.6. The van der Waals surface area contributed by atoms with Gasteiger partial charge in [0.15, 0.2) is 0 Å². The van der Waals surface area contributed by atoms with Gasteiger partial charge in [0, 0.05) is 23.0 Å². The van der Waals surface area contributed by atoms with Crippen molar-refractivity contribution in [2.45, 2.75) is 49.6 Å². The van der Waals surface area contributed by atoms with Gasteiger partial charge in [-0.3, -0.25) is 4.79 Å². The van der Waals surface area contributed by atoms with Gasteiger partial charge in [-0.25, -0.2) is 13.1 Å². The lowest BCUT2D eigenvalue weighted by molar-refractivity contribution is 0.0737. The van der Waals surface area contributed by atoms with Gasteiger partial charge in [0.05, 0.1) is 10.9 Å². The SMILES string of the molecule is Cc1ccc(S(=O)(=O)NC2CC2)cc1C(=O)N1CCCC1c1cccs1. The number of carbonyl (C=O) groups is 1. The van der Waals surface area contributed by atoms with Gasteiger partial charge in [0.25, 0.3) is 5.91 Å². The summed E-state index contributed by atoms with van der Waals surface area (Å²) in [6, 6.07) is 9.04. The molecule has 1 saturated heterocycles. The Morgan fingerprint density at radius 3 is 2.73 bits per heavy atom. The number of rotatable bonds is 5. The molecule has 5 nitrogen and oxygen atoms in total. The van der Waals surface area contributed by atoms with E-state index in [4.69, 9.17) is 0 Å². The molecule has 0 bridgehead atoms. The van der Waals surface area contributed by atoms with Crippen molar-refractivity contribution in [2.75, 3.05) is 6.54 Å². The first-order valence-electron chi connectivity index (χ1n) is 8.93. The molecule has 1 amide bonds. The van der Waals surface area contributed by atoms with E-state index in [0.717, 1.165) is 31.2 Å². The second-order valence-corrected chi connectivity index (χ2v) is 9.74. The molecule has 4 rings (SSSR count). The van der Waals surface area contributed by atoms with Crippen LogP contribution in [0.3, 0.4) is 0 Å². The zero-order chi connectivity index (χ0) is 18.3. The second-order valence-electron chi connectivity index (χ2n) is 7.04. The van der Waals surface area contributed by atoms with E-state index in [0.29, 0.717) is 12.1 Å². The number of sulfonamides is 1. The summed E-state index contributed by atoms with van der Waals surface area (Å²) in [7, 11) is -3.57. The van der Waals surface area contributed by atoms with Crippen LogP contribution >= 0.6 is 11.3 Å². The fraction of sp³-hybridized carbons (Fsp3) is 0.421. The summed E-state index contributed by atoms with van der Waals surface area (Å²) in [5, 5.41) is 2.03. The Labute approximate surface area is 158 Å². The van der Waals surface area contributed by atoms with Gasteiger partial charge in [-0.2, -0.15) is 0 Å². The minimum absolute atomic E-state index is 0.0437. The number of nitrogens with one attached hydrogen (secondary N) is 1.